The van der Waals surface area contributed by atoms with Gasteiger partial charge in [-0.25, -0.2) is 9.97 Å². The van der Waals surface area contributed by atoms with E-state index in [9.17, 15) is 0 Å². The van der Waals surface area contributed by atoms with Crippen molar-refractivity contribution < 1.29 is 18.9 Å². The molecule has 0 spiro atoms. The van der Waals surface area contributed by atoms with E-state index in [1.165, 1.54) is 0 Å². The van der Waals surface area contributed by atoms with Gasteiger partial charge in [-0.3, -0.25) is 0 Å². The van der Waals surface area contributed by atoms with Gasteiger partial charge in [0.25, 0.3) is 0 Å². The lowest BCUT2D eigenvalue weighted by molar-refractivity contribution is -0.0798. The van der Waals surface area contributed by atoms with Crippen LogP contribution in [-0.2, 0) is 18.9 Å². The lowest BCUT2D eigenvalue weighted by atomic mass is 10.0. The minimum absolute atomic E-state index is 0.111. The third kappa shape index (κ3) is 9.03. The van der Waals surface area contributed by atoms with Crippen molar-refractivity contribution in [2.24, 2.45) is 0 Å². The number of halogens is 2. The molecule has 1 saturated heterocycles. The van der Waals surface area contributed by atoms with E-state index in [1.807, 2.05) is 0 Å². The van der Waals surface area contributed by atoms with Crippen LogP contribution in [0.4, 0.5) is 0 Å². The van der Waals surface area contributed by atoms with Gasteiger partial charge in [-0.05, 0) is 30.9 Å². The van der Waals surface area contributed by atoms with E-state index >= 15 is 0 Å². The molecule has 0 N–H and O–H groups in total. The molecule has 0 bridgehead atoms. The molecule has 0 radical (unpaired) electrons. The second kappa shape index (κ2) is 16.2. The number of aromatic nitrogens is 2. The Kier molecular flexibility index (Phi) is 14.0. The highest BCUT2D eigenvalue weighted by Crippen LogP contribution is 2.40. The van der Waals surface area contributed by atoms with Crippen LogP contribution in [-0.4, -0.2) is 54.7 Å². The molecule has 1 aromatic heterocycles. The molecule has 0 aliphatic carbocycles. The van der Waals surface area contributed by atoms with Crippen LogP contribution in [0, 0.1) is 0 Å². The molecule has 6 nitrogen and oxygen atoms in total. The minimum atomic E-state index is -0.429. The van der Waals surface area contributed by atoms with Gasteiger partial charge in [0.05, 0.1) is 6.61 Å². The minimum Gasteiger partial charge on any atom is -0.379 e. The van der Waals surface area contributed by atoms with Crippen LogP contribution < -0.4 is 0 Å². The zero-order valence-corrected chi connectivity index (χ0v) is 21.4. The van der Waals surface area contributed by atoms with Crippen LogP contribution in [0.1, 0.15) is 90.2 Å². The van der Waals surface area contributed by atoms with Gasteiger partial charge < -0.3 is 18.9 Å². The van der Waals surface area contributed by atoms with Crippen LogP contribution in [0.5, 0.6) is 0 Å². The van der Waals surface area contributed by atoms with Gasteiger partial charge in [-0.2, -0.15) is 0 Å². The zero-order valence-electron chi connectivity index (χ0n) is 19.9. The summed E-state index contributed by atoms with van der Waals surface area (Å²) in [5.74, 6) is 0. The largest absolute Gasteiger partial charge is 0.379 e. The summed E-state index contributed by atoms with van der Waals surface area (Å²) < 4.78 is 25.1. The summed E-state index contributed by atoms with van der Waals surface area (Å²) in [6.45, 7) is 9.03. The van der Waals surface area contributed by atoms with Gasteiger partial charge in [0.1, 0.15) is 29.6 Å². The van der Waals surface area contributed by atoms with E-state index in [-0.39, 0.29) is 28.7 Å². The lowest BCUT2D eigenvalue weighted by Gasteiger charge is -2.25. The molecule has 32 heavy (non-hydrogen) atoms. The Bertz CT molecular complexity index is 638. The molecule has 0 saturated carbocycles. The smallest absolute Gasteiger partial charge is 0.223 e. The zero-order chi connectivity index (χ0) is 23.2. The predicted octanol–water partition coefficient (Wildman–Crippen LogP) is 6.58. The predicted molar refractivity (Wildman–Crippen MR) is 129 cm³/mol. The van der Waals surface area contributed by atoms with Crippen molar-refractivity contribution in [2.75, 3.05) is 26.4 Å². The topological polar surface area (TPSA) is 62.7 Å². The van der Waals surface area contributed by atoms with E-state index in [0.29, 0.717) is 32.0 Å². The first kappa shape index (κ1) is 27.7. The van der Waals surface area contributed by atoms with Crippen LogP contribution in [0.2, 0.25) is 10.4 Å². The number of unbranched alkanes of at least 4 members (excludes halogenated alkanes) is 6. The van der Waals surface area contributed by atoms with Crippen LogP contribution >= 0.6 is 23.2 Å². The summed E-state index contributed by atoms with van der Waals surface area (Å²) in [5.41, 5.74) is 0.673. The van der Waals surface area contributed by atoms with E-state index in [0.717, 1.165) is 57.8 Å². The van der Waals surface area contributed by atoms with Crippen LogP contribution in [0.3, 0.4) is 0 Å². The Labute approximate surface area is 203 Å². The fraction of sp³-hybridized carbons (Fsp3) is 0.833. The molecule has 1 aliphatic rings. The van der Waals surface area contributed by atoms with Gasteiger partial charge >= 0.3 is 0 Å². The molecule has 2 heterocycles. The third-order valence-corrected chi connectivity index (χ3v) is 6.13. The first-order valence-corrected chi connectivity index (χ1v) is 13.0. The average Bonchev–Trinajstić information content (AvgIpc) is 3.11. The molecule has 1 fully saturated rings. The fourth-order valence-corrected chi connectivity index (χ4v) is 4.25. The SMILES string of the molecule is CCCCCOC[C@H]1O[C@@H](c2cnc(Cl)nc2Cl)[C@H](OCCCCC)[C@@H]1OCCCCC. The maximum atomic E-state index is 6.43. The van der Waals surface area contributed by atoms with Crippen LogP contribution in [0.15, 0.2) is 6.20 Å². The number of rotatable bonds is 17. The van der Waals surface area contributed by atoms with Gasteiger partial charge in [0, 0.05) is 31.6 Å². The third-order valence-electron chi connectivity index (χ3n) is 5.65. The summed E-state index contributed by atoms with van der Waals surface area (Å²) in [6.07, 6.45) is 10.3. The second-order valence-electron chi connectivity index (χ2n) is 8.35. The van der Waals surface area contributed by atoms with Crippen molar-refractivity contribution in [1.82, 2.24) is 9.97 Å². The summed E-state index contributed by atoms with van der Waals surface area (Å²) >= 11 is 12.3. The molecule has 0 amide bonds. The summed E-state index contributed by atoms with van der Waals surface area (Å²) in [5, 5.41) is 0.395. The number of hydrogen-bond acceptors (Lipinski definition) is 6. The molecule has 4 atom stereocenters. The highest BCUT2D eigenvalue weighted by atomic mass is 35.5. The number of nitrogens with zero attached hydrogens (tertiary/aromatic N) is 2. The molecular formula is C24H40Cl2N2O4. The second-order valence-corrected chi connectivity index (χ2v) is 9.04. The van der Waals surface area contributed by atoms with Gasteiger partial charge in [-0.1, -0.05) is 70.9 Å². The van der Waals surface area contributed by atoms with Crippen molar-refractivity contribution >= 4 is 23.2 Å². The summed E-state index contributed by atoms with van der Waals surface area (Å²) in [6, 6.07) is 0. The highest BCUT2D eigenvalue weighted by Gasteiger charge is 2.48. The summed E-state index contributed by atoms with van der Waals surface area (Å²) in [4.78, 5) is 8.23. The van der Waals surface area contributed by atoms with E-state index in [2.05, 4.69) is 30.7 Å². The molecule has 1 aliphatic heterocycles. The number of ether oxygens (including phenoxy) is 4. The average molecular weight is 492 g/mol. The molecule has 0 unspecified atom stereocenters. The first-order chi connectivity index (χ1) is 15.6. The monoisotopic (exact) mass is 490 g/mol. The van der Waals surface area contributed by atoms with Crippen molar-refractivity contribution in [1.29, 1.82) is 0 Å². The molecule has 2 rings (SSSR count). The Morgan fingerprint density at radius 3 is 2.03 bits per heavy atom. The summed E-state index contributed by atoms with van der Waals surface area (Å²) in [7, 11) is 0. The Morgan fingerprint density at radius 1 is 0.844 bits per heavy atom. The van der Waals surface area contributed by atoms with E-state index in [1.54, 1.807) is 6.20 Å². The van der Waals surface area contributed by atoms with Gasteiger partial charge in [-0.15, -0.1) is 0 Å². The van der Waals surface area contributed by atoms with Crippen LogP contribution in [0.25, 0.3) is 0 Å². The Hall–Kier alpha value is -0.500. The molecule has 1 aromatic rings. The van der Waals surface area contributed by atoms with Gasteiger partial charge in [0.2, 0.25) is 5.28 Å². The maximum absolute atomic E-state index is 6.43. The van der Waals surface area contributed by atoms with Crippen molar-refractivity contribution in [2.45, 2.75) is 103 Å². The fourth-order valence-electron chi connectivity index (χ4n) is 3.83. The maximum Gasteiger partial charge on any atom is 0.223 e. The normalized spacial score (nSPS) is 23.2. The number of hydrogen-bond donors (Lipinski definition) is 0. The Balaban J connectivity index is 2.16. The molecular weight excluding hydrogens is 451 g/mol. The lowest BCUT2D eigenvalue weighted by Crippen LogP contribution is -2.38. The van der Waals surface area contributed by atoms with Crippen molar-refractivity contribution in [3.05, 3.63) is 22.2 Å². The van der Waals surface area contributed by atoms with E-state index < -0.39 is 6.10 Å². The molecule has 0 aromatic carbocycles. The first-order valence-electron chi connectivity index (χ1n) is 12.3. The molecule has 8 heteroatoms. The standard InChI is InChI=1S/C24H40Cl2N2O4/c1-4-7-10-13-29-17-19-21(30-14-11-8-5-2)22(31-15-12-9-6-3)20(32-19)18-16-27-24(26)28-23(18)25/h16,19-22H,4-15,17H2,1-3H3/t19-,20+,21-,22+/m1/s1. The van der Waals surface area contributed by atoms with E-state index in [4.69, 9.17) is 42.1 Å². The van der Waals surface area contributed by atoms with Crippen molar-refractivity contribution in [3.63, 3.8) is 0 Å². The van der Waals surface area contributed by atoms with Crippen molar-refractivity contribution in [3.8, 4) is 0 Å². The molecule has 184 valence electrons. The van der Waals surface area contributed by atoms with Gasteiger partial charge in [0.15, 0.2) is 0 Å². The Morgan fingerprint density at radius 2 is 1.44 bits per heavy atom. The quantitative estimate of drug-likeness (QED) is 0.139. The highest BCUT2D eigenvalue weighted by molar-refractivity contribution is 6.32.